The Kier molecular flexibility index (Phi) is 7.67. The number of sulfonamides is 1. The van der Waals surface area contributed by atoms with E-state index in [-0.39, 0.29) is 23.2 Å². The Morgan fingerprint density at radius 3 is 2.43 bits per heavy atom. The molecule has 0 atom stereocenters. The molecule has 3 aromatic rings. The minimum absolute atomic E-state index is 0.0491. The van der Waals surface area contributed by atoms with E-state index in [4.69, 9.17) is 4.42 Å². The van der Waals surface area contributed by atoms with Gasteiger partial charge in [0.2, 0.25) is 10.0 Å². The molecule has 1 aromatic heterocycles. The maximum Gasteiger partial charge on any atom is 0.251 e. The average Bonchev–Trinajstić information content (AvgIpc) is 3.27. The molecular formula is C21H21FN2O4S2. The number of thioether (sulfide) groups is 1. The van der Waals surface area contributed by atoms with Crippen LogP contribution in [-0.4, -0.2) is 26.6 Å². The topological polar surface area (TPSA) is 88.4 Å². The number of rotatable bonds is 10. The first-order chi connectivity index (χ1) is 14.4. The fourth-order valence-corrected chi connectivity index (χ4v) is 4.39. The highest BCUT2D eigenvalue weighted by Gasteiger charge is 2.15. The van der Waals surface area contributed by atoms with Crippen molar-refractivity contribution in [3.8, 4) is 0 Å². The number of hydrogen-bond donors (Lipinski definition) is 2. The van der Waals surface area contributed by atoms with Crippen molar-refractivity contribution in [2.24, 2.45) is 0 Å². The molecule has 0 saturated heterocycles. The molecule has 0 aliphatic carbocycles. The molecule has 0 saturated carbocycles. The van der Waals surface area contributed by atoms with E-state index < -0.39 is 10.0 Å². The normalized spacial score (nSPS) is 11.4. The van der Waals surface area contributed by atoms with Gasteiger partial charge in [-0.3, -0.25) is 4.79 Å². The van der Waals surface area contributed by atoms with Crippen molar-refractivity contribution < 1.29 is 22.0 Å². The molecule has 1 heterocycles. The Morgan fingerprint density at radius 1 is 1.03 bits per heavy atom. The number of amides is 1. The Labute approximate surface area is 178 Å². The molecule has 0 radical (unpaired) electrons. The van der Waals surface area contributed by atoms with Gasteiger partial charge in [-0.15, -0.1) is 11.8 Å². The number of benzene rings is 2. The van der Waals surface area contributed by atoms with Crippen LogP contribution in [-0.2, 0) is 16.6 Å². The zero-order valence-corrected chi connectivity index (χ0v) is 17.6. The van der Waals surface area contributed by atoms with E-state index in [2.05, 4.69) is 10.0 Å². The van der Waals surface area contributed by atoms with Gasteiger partial charge in [-0.1, -0.05) is 0 Å². The first kappa shape index (κ1) is 22.1. The van der Waals surface area contributed by atoms with Crippen molar-refractivity contribution in [1.29, 1.82) is 0 Å². The Hall–Kier alpha value is -2.62. The first-order valence-corrected chi connectivity index (χ1v) is 11.7. The van der Waals surface area contributed by atoms with Crippen LogP contribution in [0.15, 0.2) is 81.1 Å². The van der Waals surface area contributed by atoms with Gasteiger partial charge in [0, 0.05) is 17.0 Å². The minimum atomic E-state index is -3.70. The first-order valence-electron chi connectivity index (χ1n) is 9.23. The highest BCUT2D eigenvalue weighted by atomic mass is 32.2. The van der Waals surface area contributed by atoms with Gasteiger partial charge in [0.25, 0.3) is 5.91 Å². The molecule has 6 nitrogen and oxygen atoms in total. The van der Waals surface area contributed by atoms with Gasteiger partial charge in [-0.2, -0.15) is 0 Å². The SMILES string of the molecule is O=C(NCCCSc1ccc(F)cc1)c1ccc(S(=O)(=O)NCc2ccco2)cc1. The van der Waals surface area contributed by atoms with Crippen LogP contribution in [0, 0.1) is 5.82 Å². The maximum absolute atomic E-state index is 12.9. The predicted octanol–water partition coefficient (Wildman–Crippen LogP) is 3.81. The van der Waals surface area contributed by atoms with Crippen molar-refractivity contribution >= 4 is 27.7 Å². The zero-order valence-electron chi connectivity index (χ0n) is 16.0. The van der Waals surface area contributed by atoms with Crippen LogP contribution >= 0.6 is 11.8 Å². The Bertz CT molecular complexity index is 1050. The summed E-state index contributed by atoms with van der Waals surface area (Å²) in [6.07, 6.45) is 2.22. The van der Waals surface area contributed by atoms with Crippen molar-refractivity contribution in [3.05, 3.63) is 84.1 Å². The predicted molar refractivity (Wildman–Crippen MR) is 113 cm³/mol. The quantitative estimate of drug-likeness (QED) is 0.364. The van der Waals surface area contributed by atoms with E-state index in [0.717, 1.165) is 17.1 Å². The lowest BCUT2D eigenvalue weighted by Gasteiger charge is -2.08. The monoisotopic (exact) mass is 448 g/mol. The smallest absolute Gasteiger partial charge is 0.251 e. The summed E-state index contributed by atoms with van der Waals surface area (Å²) in [7, 11) is -3.70. The molecule has 9 heteroatoms. The highest BCUT2D eigenvalue weighted by Crippen LogP contribution is 2.18. The lowest BCUT2D eigenvalue weighted by Crippen LogP contribution is -2.25. The van der Waals surface area contributed by atoms with Crippen molar-refractivity contribution in [2.75, 3.05) is 12.3 Å². The van der Waals surface area contributed by atoms with Gasteiger partial charge in [-0.05, 0) is 72.8 Å². The summed E-state index contributed by atoms with van der Waals surface area (Å²) >= 11 is 1.59. The van der Waals surface area contributed by atoms with E-state index in [1.807, 2.05) is 0 Å². The van der Waals surface area contributed by atoms with Crippen molar-refractivity contribution in [1.82, 2.24) is 10.0 Å². The van der Waals surface area contributed by atoms with Gasteiger partial charge >= 0.3 is 0 Å². The van der Waals surface area contributed by atoms with Gasteiger partial charge in [0.05, 0.1) is 17.7 Å². The third-order valence-electron chi connectivity index (χ3n) is 4.13. The molecule has 30 heavy (non-hydrogen) atoms. The standard InChI is InChI=1S/C21H21FN2O4S2/c22-17-6-8-19(9-7-17)29-14-2-12-23-21(25)16-4-10-20(11-5-16)30(26,27)24-15-18-3-1-13-28-18/h1,3-11,13,24H,2,12,14-15H2,(H,23,25). The molecule has 2 aromatic carbocycles. The lowest BCUT2D eigenvalue weighted by molar-refractivity contribution is 0.0953. The van der Waals surface area contributed by atoms with Gasteiger partial charge in [0.15, 0.2) is 0 Å². The minimum Gasteiger partial charge on any atom is -0.468 e. The van der Waals surface area contributed by atoms with Crippen LogP contribution in [0.2, 0.25) is 0 Å². The van der Waals surface area contributed by atoms with Crippen LogP contribution in [0.25, 0.3) is 0 Å². The number of nitrogens with one attached hydrogen (secondary N) is 2. The molecular weight excluding hydrogens is 427 g/mol. The number of carbonyl (C=O) groups excluding carboxylic acids is 1. The van der Waals surface area contributed by atoms with Crippen LogP contribution in [0.5, 0.6) is 0 Å². The third-order valence-corrected chi connectivity index (χ3v) is 6.65. The number of carbonyl (C=O) groups is 1. The molecule has 3 rings (SSSR count). The van der Waals surface area contributed by atoms with E-state index in [9.17, 15) is 17.6 Å². The Balaban J connectivity index is 1.43. The second-order valence-electron chi connectivity index (χ2n) is 6.34. The fraction of sp³-hybridized carbons (Fsp3) is 0.190. The highest BCUT2D eigenvalue weighted by molar-refractivity contribution is 7.99. The Morgan fingerprint density at radius 2 is 1.77 bits per heavy atom. The summed E-state index contributed by atoms with van der Waals surface area (Å²) in [5.74, 6) is 0.755. The average molecular weight is 449 g/mol. The largest absolute Gasteiger partial charge is 0.468 e. The number of furan rings is 1. The third kappa shape index (κ3) is 6.45. The van der Waals surface area contributed by atoms with Gasteiger partial charge in [-0.25, -0.2) is 17.5 Å². The zero-order chi connectivity index (χ0) is 21.4. The fourth-order valence-electron chi connectivity index (χ4n) is 2.55. The molecule has 158 valence electrons. The molecule has 0 spiro atoms. The molecule has 0 unspecified atom stereocenters. The van der Waals surface area contributed by atoms with Crippen LogP contribution < -0.4 is 10.0 Å². The van der Waals surface area contributed by atoms with Gasteiger partial charge in [0.1, 0.15) is 11.6 Å². The van der Waals surface area contributed by atoms with Crippen molar-refractivity contribution in [2.45, 2.75) is 22.8 Å². The second-order valence-corrected chi connectivity index (χ2v) is 9.28. The number of halogens is 1. The summed E-state index contributed by atoms with van der Waals surface area (Å²) in [4.78, 5) is 13.3. The van der Waals surface area contributed by atoms with Crippen LogP contribution in [0.1, 0.15) is 22.5 Å². The summed E-state index contributed by atoms with van der Waals surface area (Å²) < 4.78 is 45.0. The van der Waals surface area contributed by atoms with E-state index >= 15 is 0 Å². The van der Waals surface area contributed by atoms with Crippen LogP contribution in [0.3, 0.4) is 0 Å². The molecule has 0 bridgehead atoms. The molecule has 0 aliphatic heterocycles. The lowest BCUT2D eigenvalue weighted by atomic mass is 10.2. The molecule has 1 amide bonds. The van der Waals surface area contributed by atoms with Gasteiger partial charge < -0.3 is 9.73 Å². The van der Waals surface area contributed by atoms with E-state index in [1.54, 1.807) is 36.0 Å². The van der Waals surface area contributed by atoms with Crippen molar-refractivity contribution in [3.63, 3.8) is 0 Å². The second kappa shape index (κ2) is 10.4. The van der Waals surface area contributed by atoms with E-state index in [1.165, 1.54) is 42.7 Å². The summed E-state index contributed by atoms with van der Waals surface area (Å²) in [6.45, 7) is 0.533. The van der Waals surface area contributed by atoms with Crippen LogP contribution in [0.4, 0.5) is 4.39 Å². The molecule has 0 aliphatic rings. The van der Waals surface area contributed by atoms with E-state index in [0.29, 0.717) is 17.9 Å². The number of hydrogen-bond acceptors (Lipinski definition) is 5. The summed E-state index contributed by atoms with van der Waals surface area (Å²) in [6, 6.07) is 15.4. The molecule has 0 fully saturated rings. The molecule has 2 N–H and O–H groups in total. The summed E-state index contributed by atoms with van der Waals surface area (Å²) in [5, 5.41) is 2.81. The summed E-state index contributed by atoms with van der Waals surface area (Å²) in [5.41, 5.74) is 0.381. The maximum atomic E-state index is 12.9.